The van der Waals surface area contributed by atoms with Gasteiger partial charge in [-0.3, -0.25) is 0 Å². The molecule has 3 rings (SSSR count). The Morgan fingerprint density at radius 3 is 3.22 bits per heavy atom. The first-order valence-electron chi connectivity index (χ1n) is 6.30. The highest BCUT2D eigenvalue weighted by Gasteiger charge is 2.17. The second-order valence-corrected chi connectivity index (χ2v) is 5.63. The van der Waals surface area contributed by atoms with Gasteiger partial charge in [0.2, 0.25) is 0 Å². The van der Waals surface area contributed by atoms with Crippen LogP contribution < -0.4 is 5.32 Å². The average molecular weight is 310 g/mol. The molecule has 1 saturated heterocycles. The molecule has 4 nitrogen and oxygen atoms in total. The van der Waals surface area contributed by atoms with Crippen LogP contribution in [0, 0.1) is 5.92 Å². The van der Waals surface area contributed by atoms with E-state index in [2.05, 4.69) is 30.6 Å². The van der Waals surface area contributed by atoms with Crippen molar-refractivity contribution in [1.82, 2.24) is 14.7 Å². The van der Waals surface area contributed by atoms with E-state index in [1.54, 1.807) is 12.1 Å². The minimum absolute atomic E-state index is 0.272. The summed E-state index contributed by atoms with van der Waals surface area (Å²) in [6.45, 7) is 2.21. The Morgan fingerprint density at radius 2 is 2.44 bits per heavy atom. The van der Waals surface area contributed by atoms with Crippen LogP contribution in [0.15, 0.2) is 22.9 Å². The number of nitrogens with one attached hydrogen (secondary N) is 1. The SMILES string of the molecule is Oc1ccn2c(CC3CCCNC3)nc(Br)c2c1. The lowest BCUT2D eigenvalue weighted by Crippen LogP contribution is -2.31. The summed E-state index contributed by atoms with van der Waals surface area (Å²) in [6, 6.07) is 3.43. The Bertz CT molecular complexity index is 561. The molecule has 0 amide bonds. The van der Waals surface area contributed by atoms with Gasteiger partial charge in [0.1, 0.15) is 16.2 Å². The second-order valence-electron chi connectivity index (χ2n) is 4.88. The zero-order chi connectivity index (χ0) is 12.5. The topological polar surface area (TPSA) is 49.6 Å². The van der Waals surface area contributed by atoms with Crippen molar-refractivity contribution in [2.75, 3.05) is 13.1 Å². The molecule has 1 aliphatic heterocycles. The predicted molar refractivity (Wildman–Crippen MR) is 73.9 cm³/mol. The number of aromatic nitrogens is 2. The highest BCUT2D eigenvalue weighted by molar-refractivity contribution is 9.10. The van der Waals surface area contributed by atoms with Crippen molar-refractivity contribution in [3.05, 3.63) is 28.8 Å². The van der Waals surface area contributed by atoms with E-state index in [4.69, 9.17) is 0 Å². The van der Waals surface area contributed by atoms with Gasteiger partial charge in [-0.05, 0) is 53.8 Å². The molecule has 2 N–H and O–H groups in total. The van der Waals surface area contributed by atoms with E-state index in [9.17, 15) is 5.11 Å². The predicted octanol–water partition coefficient (Wildman–Crippen LogP) is 2.34. The first-order chi connectivity index (χ1) is 8.74. The van der Waals surface area contributed by atoms with Crippen LogP contribution in [-0.2, 0) is 6.42 Å². The van der Waals surface area contributed by atoms with Crippen LogP contribution in [0.5, 0.6) is 5.75 Å². The summed E-state index contributed by atoms with van der Waals surface area (Å²) in [6.07, 6.45) is 5.37. The third-order valence-corrected chi connectivity index (χ3v) is 4.11. The fourth-order valence-corrected chi connectivity index (χ4v) is 3.11. The summed E-state index contributed by atoms with van der Waals surface area (Å²) in [5.74, 6) is 1.99. The smallest absolute Gasteiger partial charge is 0.132 e. The number of aromatic hydroxyl groups is 1. The van der Waals surface area contributed by atoms with Crippen LogP contribution in [0.1, 0.15) is 18.7 Å². The van der Waals surface area contributed by atoms with Crippen LogP contribution in [0.3, 0.4) is 0 Å². The van der Waals surface area contributed by atoms with Gasteiger partial charge in [-0.25, -0.2) is 4.98 Å². The molecular weight excluding hydrogens is 294 g/mol. The van der Waals surface area contributed by atoms with E-state index in [1.807, 2.05) is 6.20 Å². The highest BCUT2D eigenvalue weighted by Crippen LogP contribution is 2.25. The zero-order valence-electron chi connectivity index (χ0n) is 10.1. The van der Waals surface area contributed by atoms with Crippen LogP contribution in [0.4, 0.5) is 0 Å². The molecule has 0 aromatic carbocycles. The molecule has 18 heavy (non-hydrogen) atoms. The Morgan fingerprint density at radius 1 is 1.56 bits per heavy atom. The Hall–Kier alpha value is -1.07. The van der Waals surface area contributed by atoms with E-state index in [1.165, 1.54) is 12.8 Å². The third-order valence-electron chi connectivity index (χ3n) is 3.53. The average Bonchev–Trinajstić information content (AvgIpc) is 2.67. The molecule has 2 aromatic heterocycles. The molecular formula is C13H16BrN3O. The summed E-state index contributed by atoms with van der Waals surface area (Å²) in [4.78, 5) is 4.57. The Labute approximate surface area is 114 Å². The van der Waals surface area contributed by atoms with E-state index in [0.29, 0.717) is 5.92 Å². The molecule has 1 fully saturated rings. The number of rotatable bonds is 2. The molecule has 1 aliphatic rings. The molecule has 0 radical (unpaired) electrons. The second kappa shape index (κ2) is 4.90. The van der Waals surface area contributed by atoms with Crippen molar-refractivity contribution in [2.45, 2.75) is 19.3 Å². The minimum Gasteiger partial charge on any atom is -0.508 e. The van der Waals surface area contributed by atoms with E-state index in [-0.39, 0.29) is 5.75 Å². The largest absolute Gasteiger partial charge is 0.508 e. The van der Waals surface area contributed by atoms with Crippen LogP contribution >= 0.6 is 15.9 Å². The van der Waals surface area contributed by atoms with Crippen molar-refractivity contribution in [1.29, 1.82) is 0 Å². The van der Waals surface area contributed by atoms with Crippen LogP contribution in [-0.4, -0.2) is 27.6 Å². The summed E-state index contributed by atoms with van der Waals surface area (Å²) in [5.41, 5.74) is 0.925. The monoisotopic (exact) mass is 309 g/mol. The number of piperidine rings is 1. The number of pyridine rings is 1. The first kappa shape index (κ1) is 12.0. The maximum absolute atomic E-state index is 9.51. The van der Waals surface area contributed by atoms with Gasteiger partial charge in [-0.1, -0.05) is 0 Å². The fourth-order valence-electron chi connectivity index (χ4n) is 2.60. The Balaban J connectivity index is 1.91. The van der Waals surface area contributed by atoms with E-state index >= 15 is 0 Å². The number of nitrogens with zero attached hydrogens (tertiary/aromatic N) is 2. The molecule has 0 spiro atoms. The van der Waals surface area contributed by atoms with Gasteiger partial charge in [0.15, 0.2) is 0 Å². The molecule has 1 unspecified atom stereocenters. The highest BCUT2D eigenvalue weighted by atomic mass is 79.9. The number of halogens is 1. The van der Waals surface area contributed by atoms with Crippen molar-refractivity contribution in [3.63, 3.8) is 0 Å². The van der Waals surface area contributed by atoms with Gasteiger partial charge in [0.05, 0.1) is 5.52 Å². The van der Waals surface area contributed by atoms with E-state index < -0.39 is 0 Å². The molecule has 0 aliphatic carbocycles. The molecule has 3 heterocycles. The molecule has 0 bridgehead atoms. The van der Waals surface area contributed by atoms with Gasteiger partial charge in [0, 0.05) is 18.7 Å². The van der Waals surface area contributed by atoms with Gasteiger partial charge >= 0.3 is 0 Å². The summed E-state index contributed by atoms with van der Waals surface area (Å²) in [7, 11) is 0. The van der Waals surface area contributed by atoms with Gasteiger partial charge in [-0.2, -0.15) is 0 Å². The summed E-state index contributed by atoms with van der Waals surface area (Å²) >= 11 is 3.46. The van der Waals surface area contributed by atoms with E-state index in [0.717, 1.165) is 35.5 Å². The maximum atomic E-state index is 9.51. The number of hydrogen-bond acceptors (Lipinski definition) is 3. The summed E-state index contributed by atoms with van der Waals surface area (Å²) < 4.78 is 2.86. The molecule has 2 aromatic rings. The maximum Gasteiger partial charge on any atom is 0.132 e. The van der Waals surface area contributed by atoms with Gasteiger partial charge < -0.3 is 14.8 Å². The number of fused-ring (bicyclic) bond motifs is 1. The quantitative estimate of drug-likeness (QED) is 0.895. The third kappa shape index (κ3) is 2.24. The minimum atomic E-state index is 0.272. The molecule has 1 atom stereocenters. The zero-order valence-corrected chi connectivity index (χ0v) is 11.7. The Kier molecular flexibility index (Phi) is 3.26. The lowest BCUT2D eigenvalue weighted by molar-refractivity contribution is 0.370. The first-order valence-corrected chi connectivity index (χ1v) is 7.09. The number of hydrogen-bond donors (Lipinski definition) is 2. The normalized spacial score (nSPS) is 20.4. The lowest BCUT2D eigenvalue weighted by atomic mass is 9.96. The summed E-state index contributed by atoms with van der Waals surface area (Å²) in [5, 5.41) is 12.9. The fraction of sp³-hybridized carbons (Fsp3) is 0.462. The van der Waals surface area contributed by atoms with Crippen LogP contribution in [0.25, 0.3) is 5.52 Å². The van der Waals surface area contributed by atoms with Crippen molar-refractivity contribution >= 4 is 21.4 Å². The van der Waals surface area contributed by atoms with Crippen LogP contribution in [0.2, 0.25) is 0 Å². The molecule has 96 valence electrons. The molecule has 0 saturated carbocycles. The standard InChI is InChI=1S/C13H16BrN3O/c14-13-11-7-10(18)3-5-17(11)12(16-13)6-9-2-1-4-15-8-9/h3,5,7,9,15,18H,1-2,4,6,8H2. The van der Waals surface area contributed by atoms with Gasteiger partial charge in [0.25, 0.3) is 0 Å². The number of imidazole rings is 1. The van der Waals surface area contributed by atoms with Crippen molar-refractivity contribution in [3.8, 4) is 5.75 Å². The lowest BCUT2D eigenvalue weighted by Gasteiger charge is -2.21. The van der Waals surface area contributed by atoms with Crippen molar-refractivity contribution < 1.29 is 5.11 Å². The van der Waals surface area contributed by atoms with Crippen molar-refractivity contribution in [2.24, 2.45) is 5.92 Å². The van der Waals surface area contributed by atoms with Gasteiger partial charge in [-0.15, -0.1) is 0 Å². The molecule has 5 heteroatoms.